The van der Waals surface area contributed by atoms with Gasteiger partial charge in [-0.25, -0.2) is 4.98 Å². The summed E-state index contributed by atoms with van der Waals surface area (Å²) < 4.78 is 5.12. The first-order valence-corrected chi connectivity index (χ1v) is 9.78. The number of ether oxygens (including phenoxy) is 1. The van der Waals surface area contributed by atoms with Gasteiger partial charge in [0.1, 0.15) is 9.71 Å². The third-order valence-corrected chi connectivity index (χ3v) is 6.29. The van der Waals surface area contributed by atoms with E-state index in [2.05, 4.69) is 4.98 Å². The van der Waals surface area contributed by atoms with Gasteiger partial charge in [0.25, 0.3) is 5.91 Å². The molecule has 2 N–H and O–H groups in total. The molecule has 1 aliphatic heterocycles. The molecule has 0 radical (unpaired) electrons. The van der Waals surface area contributed by atoms with Gasteiger partial charge in [-0.1, -0.05) is 0 Å². The number of amides is 1. The number of thiophene rings is 1. The number of piperidine rings is 1. The monoisotopic (exact) mass is 375 g/mol. The fourth-order valence-electron chi connectivity index (χ4n) is 3.48. The number of carbonyl (C=O) groups is 2. The Hall–Kier alpha value is -2.15. The molecule has 3 heterocycles. The lowest BCUT2D eigenvalue weighted by molar-refractivity contribution is -0.149. The Morgan fingerprint density at radius 1 is 1.31 bits per heavy atom. The summed E-state index contributed by atoms with van der Waals surface area (Å²) >= 11 is 1.34. The molecule has 6 nitrogen and oxygen atoms in total. The van der Waals surface area contributed by atoms with Crippen LogP contribution in [0.2, 0.25) is 0 Å². The summed E-state index contributed by atoms with van der Waals surface area (Å²) in [6.45, 7) is 9.17. The van der Waals surface area contributed by atoms with Crippen LogP contribution < -0.4 is 5.73 Å². The van der Waals surface area contributed by atoms with Crippen LogP contribution in [0, 0.1) is 26.7 Å². The van der Waals surface area contributed by atoms with Crippen LogP contribution in [0.25, 0.3) is 10.2 Å². The summed E-state index contributed by atoms with van der Waals surface area (Å²) in [6.07, 6.45) is 1.54. The molecule has 0 spiro atoms. The Balaban J connectivity index is 1.91. The van der Waals surface area contributed by atoms with Gasteiger partial charge in [0.2, 0.25) is 0 Å². The van der Waals surface area contributed by atoms with Gasteiger partial charge >= 0.3 is 5.97 Å². The van der Waals surface area contributed by atoms with Gasteiger partial charge in [0.15, 0.2) is 0 Å². The molecule has 2 aromatic rings. The molecule has 7 heteroatoms. The van der Waals surface area contributed by atoms with Crippen LogP contribution in [0.15, 0.2) is 0 Å². The Morgan fingerprint density at radius 2 is 2.04 bits per heavy atom. The summed E-state index contributed by atoms with van der Waals surface area (Å²) in [4.78, 5) is 32.8. The number of anilines is 1. The smallest absolute Gasteiger partial charge is 0.310 e. The van der Waals surface area contributed by atoms with Crippen LogP contribution in [0.4, 0.5) is 5.69 Å². The molecular formula is C19H25N3O3S. The molecule has 140 valence electrons. The summed E-state index contributed by atoms with van der Waals surface area (Å²) in [7, 11) is 0. The van der Waals surface area contributed by atoms with E-state index < -0.39 is 0 Å². The van der Waals surface area contributed by atoms with E-state index in [1.54, 1.807) is 11.8 Å². The molecular weight excluding hydrogens is 350 g/mol. The Kier molecular flexibility index (Phi) is 5.18. The first kappa shape index (κ1) is 18.6. The van der Waals surface area contributed by atoms with Crippen molar-refractivity contribution in [2.75, 3.05) is 25.4 Å². The lowest BCUT2D eigenvalue weighted by atomic mass is 9.98. The fourth-order valence-corrected chi connectivity index (χ4v) is 4.65. The summed E-state index contributed by atoms with van der Waals surface area (Å²) in [5, 5.41) is 0.875. The molecule has 3 rings (SSSR count). The van der Waals surface area contributed by atoms with Crippen LogP contribution in [-0.4, -0.2) is 41.5 Å². The normalized spacial score (nSPS) is 17.5. The van der Waals surface area contributed by atoms with E-state index in [4.69, 9.17) is 10.5 Å². The molecule has 1 unspecified atom stereocenters. The predicted octanol–water partition coefficient (Wildman–Crippen LogP) is 3.22. The van der Waals surface area contributed by atoms with Crippen molar-refractivity contribution >= 4 is 39.1 Å². The molecule has 0 bridgehead atoms. The SMILES string of the molecule is CCOC(=O)C1CCCN(C(=O)c2sc3nc(C)c(C)c(C)c3c2N)C1. The van der Waals surface area contributed by atoms with Crippen LogP contribution in [-0.2, 0) is 9.53 Å². The van der Waals surface area contributed by atoms with E-state index in [-0.39, 0.29) is 17.8 Å². The van der Waals surface area contributed by atoms with Gasteiger partial charge in [-0.15, -0.1) is 11.3 Å². The van der Waals surface area contributed by atoms with Gasteiger partial charge in [0, 0.05) is 24.2 Å². The highest BCUT2D eigenvalue weighted by molar-refractivity contribution is 7.21. The molecule has 1 saturated heterocycles. The van der Waals surface area contributed by atoms with E-state index >= 15 is 0 Å². The van der Waals surface area contributed by atoms with E-state index in [1.165, 1.54) is 11.3 Å². The number of rotatable bonds is 3. The maximum absolute atomic E-state index is 13.1. The predicted molar refractivity (Wildman–Crippen MR) is 104 cm³/mol. The van der Waals surface area contributed by atoms with Crippen LogP contribution >= 0.6 is 11.3 Å². The largest absolute Gasteiger partial charge is 0.466 e. The zero-order valence-corrected chi connectivity index (χ0v) is 16.5. The highest BCUT2D eigenvalue weighted by Crippen LogP contribution is 2.37. The van der Waals surface area contributed by atoms with Crippen molar-refractivity contribution in [2.24, 2.45) is 5.92 Å². The fraction of sp³-hybridized carbons (Fsp3) is 0.526. The molecule has 0 aromatic carbocycles. The highest BCUT2D eigenvalue weighted by Gasteiger charge is 2.32. The maximum Gasteiger partial charge on any atom is 0.310 e. The highest BCUT2D eigenvalue weighted by atomic mass is 32.1. The third-order valence-electron chi connectivity index (χ3n) is 5.20. The molecule has 1 atom stereocenters. The molecule has 1 fully saturated rings. The number of esters is 1. The third kappa shape index (κ3) is 3.16. The number of nitrogens with two attached hydrogens (primary N) is 1. The second-order valence-electron chi connectivity index (χ2n) is 6.81. The van der Waals surface area contributed by atoms with Gasteiger partial charge in [-0.2, -0.15) is 0 Å². The van der Waals surface area contributed by atoms with Crippen molar-refractivity contribution in [3.8, 4) is 0 Å². The quantitative estimate of drug-likeness (QED) is 0.833. The lowest BCUT2D eigenvalue weighted by Gasteiger charge is -2.31. The molecule has 26 heavy (non-hydrogen) atoms. The van der Waals surface area contributed by atoms with Crippen molar-refractivity contribution in [3.63, 3.8) is 0 Å². The molecule has 1 aliphatic rings. The number of fused-ring (bicyclic) bond motifs is 1. The van der Waals surface area contributed by atoms with E-state index in [1.807, 2.05) is 20.8 Å². The summed E-state index contributed by atoms with van der Waals surface area (Å²) in [6, 6.07) is 0. The Morgan fingerprint density at radius 3 is 2.73 bits per heavy atom. The number of nitrogens with zero attached hydrogens (tertiary/aromatic N) is 2. The second kappa shape index (κ2) is 7.23. The zero-order chi connectivity index (χ0) is 19.0. The first-order valence-electron chi connectivity index (χ1n) is 8.96. The first-order chi connectivity index (χ1) is 12.3. The standard InChI is InChI=1S/C19H25N3O3S/c1-5-25-19(24)13-7-6-8-22(9-13)18(23)16-15(20)14-11(3)10(2)12(4)21-17(14)26-16/h13H,5-9,20H2,1-4H3. The second-order valence-corrected chi connectivity index (χ2v) is 7.81. The average Bonchev–Trinajstić information content (AvgIpc) is 2.95. The number of carbonyl (C=O) groups excluding carboxylic acids is 2. The van der Waals surface area contributed by atoms with Crippen LogP contribution in [0.3, 0.4) is 0 Å². The number of hydrogen-bond donors (Lipinski definition) is 1. The summed E-state index contributed by atoms with van der Waals surface area (Å²) in [5.41, 5.74) is 9.97. The minimum Gasteiger partial charge on any atom is -0.466 e. The Bertz CT molecular complexity index is 875. The van der Waals surface area contributed by atoms with Gasteiger partial charge in [-0.05, 0) is 51.7 Å². The van der Waals surface area contributed by atoms with Crippen molar-refractivity contribution < 1.29 is 14.3 Å². The van der Waals surface area contributed by atoms with Crippen molar-refractivity contribution in [3.05, 3.63) is 21.7 Å². The number of pyridine rings is 1. The number of aromatic nitrogens is 1. The van der Waals surface area contributed by atoms with Crippen molar-refractivity contribution in [1.29, 1.82) is 0 Å². The lowest BCUT2D eigenvalue weighted by Crippen LogP contribution is -2.42. The van der Waals surface area contributed by atoms with Gasteiger partial charge in [0.05, 0.1) is 18.2 Å². The van der Waals surface area contributed by atoms with Gasteiger partial charge in [-0.3, -0.25) is 9.59 Å². The number of aryl methyl sites for hydroxylation is 2. The van der Waals surface area contributed by atoms with E-state index in [0.29, 0.717) is 30.3 Å². The van der Waals surface area contributed by atoms with Crippen LogP contribution in [0.5, 0.6) is 0 Å². The molecule has 0 saturated carbocycles. The molecule has 1 amide bonds. The van der Waals surface area contributed by atoms with Gasteiger partial charge < -0.3 is 15.4 Å². The minimum atomic E-state index is -0.257. The van der Waals surface area contributed by atoms with Crippen molar-refractivity contribution in [1.82, 2.24) is 9.88 Å². The zero-order valence-electron chi connectivity index (χ0n) is 15.7. The number of hydrogen-bond acceptors (Lipinski definition) is 6. The van der Waals surface area contributed by atoms with Crippen molar-refractivity contribution in [2.45, 2.75) is 40.5 Å². The van der Waals surface area contributed by atoms with Crippen LogP contribution in [0.1, 0.15) is 46.3 Å². The topological polar surface area (TPSA) is 85.5 Å². The maximum atomic E-state index is 13.1. The Labute approximate surface area is 157 Å². The van der Waals surface area contributed by atoms with E-state index in [9.17, 15) is 9.59 Å². The van der Waals surface area contributed by atoms with E-state index in [0.717, 1.165) is 39.9 Å². The average molecular weight is 375 g/mol. The number of likely N-dealkylation sites (tertiary alicyclic amines) is 1. The molecule has 2 aromatic heterocycles. The minimum absolute atomic E-state index is 0.116. The number of nitrogen functional groups attached to an aromatic ring is 1. The molecule has 0 aliphatic carbocycles. The summed E-state index contributed by atoms with van der Waals surface area (Å²) in [5.74, 6) is -0.597.